The lowest BCUT2D eigenvalue weighted by Gasteiger charge is -2.29. The summed E-state index contributed by atoms with van der Waals surface area (Å²) in [5.41, 5.74) is 5.71. The minimum atomic E-state index is -0.224. The number of rotatable bonds is 3. The van der Waals surface area contributed by atoms with Gasteiger partial charge in [-0.3, -0.25) is 4.79 Å². The van der Waals surface area contributed by atoms with Gasteiger partial charge in [-0.05, 0) is 61.6 Å². The van der Waals surface area contributed by atoms with Crippen molar-refractivity contribution in [3.05, 3.63) is 77.1 Å². The number of nitrogens with one attached hydrogen (secondary N) is 1. The van der Waals surface area contributed by atoms with E-state index in [0.717, 1.165) is 41.9 Å². The third-order valence-corrected chi connectivity index (χ3v) is 4.87. The highest BCUT2D eigenvalue weighted by Crippen LogP contribution is 2.31. The molecule has 1 aliphatic rings. The second kappa shape index (κ2) is 7.19. The highest BCUT2D eigenvalue weighted by Gasteiger charge is 2.21. The molecule has 1 N–H and O–H groups in total. The molecule has 136 valence electrons. The fourth-order valence-electron chi connectivity index (χ4n) is 3.40. The number of hydrogen-bond donors (Lipinski definition) is 1. The number of benzene rings is 2. The molecule has 0 fully saturated rings. The Morgan fingerprint density at radius 2 is 1.96 bits per heavy atom. The third-order valence-electron chi connectivity index (χ3n) is 4.87. The number of hydrogen-bond acceptors (Lipinski definition) is 4. The molecule has 0 radical (unpaired) electrons. The topological polar surface area (TPSA) is 58.1 Å². The summed E-state index contributed by atoms with van der Waals surface area (Å²) in [4.78, 5) is 23.8. The minimum Gasteiger partial charge on any atom is -0.320 e. The van der Waals surface area contributed by atoms with E-state index in [1.165, 1.54) is 5.56 Å². The number of aromatic nitrogens is 2. The van der Waals surface area contributed by atoms with Gasteiger partial charge < -0.3 is 10.2 Å². The summed E-state index contributed by atoms with van der Waals surface area (Å²) in [6, 6.07) is 15.9. The van der Waals surface area contributed by atoms with Gasteiger partial charge in [0.2, 0.25) is 5.95 Å². The van der Waals surface area contributed by atoms with Crippen LogP contribution in [0, 0.1) is 13.8 Å². The van der Waals surface area contributed by atoms with E-state index in [1.807, 2.05) is 38.1 Å². The van der Waals surface area contributed by atoms with E-state index in [4.69, 9.17) is 0 Å². The molecule has 3 aromatic rings. The molecular weight excluding hydrogens is 336 g/mol. The van der Waals surface area contributed by atoms with Crippen LogP contribution in [-0.4, -0.2) is 22.4 Å². The summed E-state index contributed by atoms with van der Waals surface area (Å²) in [5.74, 6) is 0.341. The first-order valence-electron chi connectivity index (χ1n) is 9.19. The average molecular weight is 358 g/mol. The van der Waals surface area contributed by atoms with E-state index in [-0.39, 0.29) is 5.91 Å². The molecule has 1 aromatic heterocycles. The third kappa shape index (κ3) is 3.53. The van der Waals surface area contributed by atoms with Crippen LogP contribution in [0.2, 0.25) is 0 Å². The zero-order chi connectivity index (χ0) is 18.8. The number of para-hydroxylation sites is 1. The van der Waals surface area contributed by atoms with Crippen LogP contribution in [0.25, 0.3) is 0 Å². The van der Waals surface area contributed by atoms with E-state index >= 15 is 0 Å². The Balaban J connectivity index is 1.62. The first-order chi connectivity index (χ1) is 13.1. The van der Waals surface area contributed by atoms with Gasteiger partial charge in [0.25, 0.3) is 5.91 Å². The minimum absolute atomic E-state index is 0.224. The molecule has 5 heteroatoms. The molecule has 0 unspecified atom stereocenters. The number of aryl methyl sites for hydroxylation is 3. The first-order valence-corrected chi connectivity index (χ1v) is 9.19. The van der Waals surface area contributed by atoms with Crippen molar-refractivity contribution < 1.29 is 4.79 Å². The van der Waals surface area contributed by atoms with Gasteiger partial charge >= 0.3 is 0 Å². The fraction of sp³-hybridized carbons (Fsp3) is 0.227. The lowest BCUT2D eigenvalue weighted by atomic mass is 10.0. The van der Waals surface area contributed by atoms with E-state index in [2.05, 4.69) is 38.4 Å². The summed E-state index contributed by atoms with van der Waals surface area (Å²) < 4.78 is 0. The van der Waals surface area contributed by atoms with Gasteiger partial charge in [-0.15, -0.1) is 0 Å². The molecule has 0 aliphatic carbocycles. The van der Waals surface area contributed by atoms with Crippen molar-refractivity contribution in [3.63, 3.8) is 0 Å². The van der Waals surface area contributed by atoms with Crippen LogP contribution >= 0.6 is 0 Å². The summed E-state index contributed by atoms with van der Waals surface area (Å²) in [6.07, 6.45) is 3.75. The summed E-state index contributed by atoms with van der Waals surface area (Å²) in [5, 5.41) is 2.97. The first kappa shape index (κ1) is 17.2. The van der Waals surface area contributed by atoms with Crippen LogP contribution in [0.4, 0.5) is 17.3 Å². The molecule has 2 heterocycles. The van der Waals surface area contributed by atoms with Crippen LogP contribution in [0.15, 0.2) is 54.7 Å². The lowest BCUT2D eigenvalue weighted by Crippen LogP contribution is -2.27. The van der Waals surface area contributed by atoms with Crippen LogP contribution < -0.4 is 10.2 Å². The summed E-state index contributed by atoms with van der Waals surface area (Å²) in [6.45, 7) is 4.83. The van der Waals surface area contributed by atoms with Gasteiger partial charge in [0.1, 0.15) is 5.69 Å². The Morgan fingerprint density at radius 1 is 1.11 bits per heavy atom. The number of carbonyl (C=O) groups excluding carboxylic acids is 1. The van der Waals surface area contributed by atoms with Gasteiger partial charge in [-0.2, -0.15) is 0 Å². The molecule has 1 amide bonds. The van der Waals surface area contributed by atoms with E-state index < -0.39 is 0 Å². The van der Waals surface area contributed by atoms with E-state index in [1.54, 1.807) is 12.3 Å². The zero-order valence-corrected chi connectivity index (χ0v) is 15.6. The van der Waals surface area contributed by atoms with Gasteiger partial charge in [0, 0.05) is 24.1 Å². The summed E-state index contributed by atoms with van der Waals surface area (Å²) in [7, 11) is 0. The molecule has 0 atom stereocenters. The Morgan fingerprint density at radius 3 is 2.85 bits per heavy atom. The Labute approximate surface area is 159 Å². The fourth-order valence-corrected chi connectivity index (χ4v) is 3.40. The van der Waals surface area contributed by atoms with Crippen LogP contribution in [0.3, 0.4) is 0 Å². The van der Waals surface area contributed by atoms with Crippen molar-refractivity contribution >= 4 is 23.2 Å². The Kier molecular flexibility index (Phi) is 4.59. The van der Waals surface area contributed by atoms with Crippen molar-refractivity contribution in [1.82, 2.24) is 9.97 Å². The molecule has 27 heavy (non-hydrogen) atoms. The molecule has 0 saturated carbocycles. The quantitative estimate of drug-likeness (QED) is 0.752. The highest BCUT2D eigenvalue weighted by atomic mass is 16.1. The van der Waals surface area contributed by atoms with Gasteiger partial charge in [-0.25, -0.2) is 9.97 Å². The van der Waals surface area contributed by atoms with Crippen LogP contribution in [0.1, 0.15) is 33.6 Å². The molecule has 0 saturated heterocycles. The molecule has 0 spiro atoms. The van der Waals surface area contributed by atoms with E-state index in [9.17, 15) is 4.79 Å². The predicted molar refractivity (Wildman–Crippen MR) is 108 cm³/mol. The predicted octanol–water partition coefficient (Wildman–Crippen LogP) is 4.43. The summed E-state index contributed by atoms with van der Waals surface area (Å²) >= 11 is 0. The SMILES string of the molecule is Cc1ccc(C)c(NC(=O)c2ccnc(N3CCCc4ccccc43)n2)c1. The second-order valence-corrected chi connectivity index (χ2v) is 6.90. The molecule has 4 rings (SSSR count). The normalized spacial score (nSPS) is 13.2. The lowest BCUT2D eigenvalue weighted by molar-refractivity contribution is 0.102. The number of carbonyl (C=O) groups is 1. The van der Waals surface area contributed by atoms with Crippen LogP contribution in [0.5, 0.6) is 0 Å². The van der Waals surface area contributed by atoms with E-state index in [0.29, 0.717) is 11.6 Å². The average Bonchev–Trinajstić information content (AvgIpc) is 2.70. The second-order valence-electron chi connectivity index (χ2n) is 6.90. The van der Waals surface area contributed by atoms with Crippen molar-refractivity contribution in [1.29, 1.82) is 0 Å². The maximum Gasteiger partial charge on any atom is 0.274 e. The molecule has 1 aliphatic heterocycles. The standard InChI is InChI=1S/C22H22N4O/c1-15-9-10-16(2)19(14-15)24-21(27)18-11-12-23-22(25-18)26-13-5-7-17-6-3-4-8-20(17)26/h3-4,6,8-12,14H,5,7,13H2,1-2H3,(H,24,27). The molecule has 2 aromatic carbocycles. The van der Waals surface area contributed by atoms with Gasteiger partial charge in [0.15, 0.2) is 0 Å². The largest absolute Gasteiger partial charge is 0.320 e. The van der Waals surface area contributed by atoms with Crippen molar-refractivity contribution in [3.8, 4) is 0 Å². The molecular formula is C22H22N4O. The monoisotopic (exact) mass is 358 g/mol. The highest BCUT2D eigenvalue weighted by molar-refractivity contribution is 6.03. The number of amides is 1. The van der Waals surface area contributed by atoms with Crippen molar-refractivity contribution in [2.45, 2.75) is 26.7 Å². The smallest absolute Gasteiger partial charge is 0.274 e. The van der Waals surface area contributed by atoms with Gasteiger partial charge in [0.05, 0.1) is 0 Å². The van der Waals surface area contributed by atoms with Crippen molar-refractivity contribution in [2.24, 2.45) is 0 Å². The Hall–Kier alpha value is -3.21. The number of anilines is 3. The molecule has 5 nitrogen and oxygen atoms in total. The Bertz CT molecular complexity index is 999. The van der Waals surface area contributed by atoms with Gasteiger partial charge in [-0.1, -0.05) is 30.3 Å². The number of nitrogens with zero attached hydrogens (tertiary/aromatic N) is 3. The maximum atomic E-state index is 12.7. The zero-order valence-electron chi connectivity index (χ0n) is 15.6. The number of fused-ring (bicyclic) bond motifs is 1. The van der Waals surface area contributed by atoms with Crippen molar-refractivity contribution in [2.75, 3.05) is 16.8 Å². The van der Waals surface area contributed by atoms with Crippen LogP contribution in [-0.2, 0) is 6.42 Å². The molecule has 0 bridgehead atoms. The maximum absolute atomic E-state index is 12.7.